The molecule has 1 saturated heterocycles. The molecule has 0 unspecified atom stereocenters. The lowest BCUT2D eigenvalue weighted by molar-refractivity contribution is -0.115. The quantitative estimate of drug-likeness (QED) is 0.844. The van der Waals surface area contributed by atoms with Crippen molar-refractivity contribution in [3.05, 3.63) is 18.3 Å². The second-order valence-electron chi connectivity index (χ2n) is 4.08. The topological polar surface area (TPSA) is 66.5 Å². The van der Waals surface area contributed by atoms with E-state index in [2.05, 4.69) is 20.5 Å². The van der Waals surface area contributed by atoms with Crippen molar-refractivity contribution in [2.45, 2.75) is 0 Å². The first-order chi connectivity index (χ1) is 8.79. The molecule has 7 heteroatoms. The number of pyridine rings is 1. The molecule has 2 heterocycles. The molecule has 1 amide bonds. The van der Waals surface area contributed by atoms with Crippen LogP contribution >= 0.6 is 12.4 Å². The summed E-state index contributed by atoms with van der Waals surface area (Å²) in [5.41, 5.74) is 1.06. The van der Waals surface area contributed by atoms with Crippen LogP contribution in [0.3, 0.4) is 0 Å². The van der Waals surface area contributed by atoms with Crippen LogP contribution in [0.1, 0.15) is 0 Å². The Morgan fingerprint density at radius 2 is 2.16 bits per heavy atom. The fraction of sp³-hybridized carbons (Fsp3) is 0.500. The van der Waals surface area contributed by atoms with E-state index >= 15 is 0 Å². The number of carbonyl (C=O) groups is 1. The number of hydrogen-bond donors (Lipinski definition) is 2. The van der Waals surface area contributed by atoms with Gasteiger partial charge in [-0.2, -0.15) is 0 Å². The summed E-state index contributed by atoms with van der Waals surface area (Å²) in [4.78, 5) is 17.8. The molecule has 0 bridgehead atoms. The molecule has 1 aliphatic heterocycles. The number of hydrogen-bond acceptors (Lipinski definition) is 5. The van der Waals surface area contributed by atoms with Crippen molar-refractivity contribution in [3.63, 3.8) is 0 Å². The maximum atomic E-state index is 11.4. The first kappa shape index (κ1) is 15.7. The standard InChI is InChI=1S/C12H18N4O2.ClH/c1-13-9-12(17)15-11-3-2-10(8-14-11)16-4-6-18-7-5-16;/h2-3,8,13H,4-7,9H2,1H3,(H,14,15,17);1H. The molecular formula is C12H19ClN4O2. The summed E-state index contributed by atoms with van der Waals surface area (Å²) < 4.78 is 5.30. The predicted molar refractivity (Wildman–Crippen MR) is 77.1 cm³/mol. The summed E-state index contributed by atoms with van der Waals surface area (Å²) in [6.45, 7) is 3.55. The maximum Gasteiger partial charge on any atom is 0.239 e. The zero-order valence-corrected chi connectivity index (χ0v) is 11.7. The maximum absolute atomic E-state index is 11.4. The van der Waals surface area contributed by atoms with Gasteiger partial charge in [-0.3, -0.25) is 4.79 Å². The Bertz CT molecular complexity index is 393. The van der Waals surface area contributed by atoms with E-state index in [9.17, 15) is 4.79 Å². The lowest BCUT2D eigenvalue weighted by atomic mass is 10.3. The molecule has 1 fully saturated rings. The van der Waals surface area contributed by atoms with Gasteiger partial charge in [-0.25, -0.2) is 4.98 Å². The Morgan fingerprint density at radius 3 is 2.74 bits per heavy atom. The van der Waals surface area contributed by atoms with Crippen LogP contribution in [0.15, 0.2) is 18.3 Å². The summed E-state index contributed by atoms with van der Waals surface area (Å²) in [5.74, 6) is 0.483. The predicted octanol–water partition coefficient (Wildman–Crippen LogP) is 0.498. The van der Waals surface area contributed by atoms with E-state index in [1.54, 1.807) is 13.2 Å². The Kier molecular flexibility index (Phi) is 6.55. The van der Waals surface area contributed by atoms with E-state index in [0.29, 0.717) is 5.82 Å². The smallest absolute Gasteiger partial charge is 0.239 e. The van der Waals surface area contributed by atoms with Gasteiger partial charge in [-0.15, -0.1) is 12.4 Å². The molecule has 0 radical (unpaired) electrons. The summed E-state index contributed by atoms with van der Waals surface area (Å²) >= 11 is 0. The highest BCUT2D eigenvalue weighted by molar-refractivity contribution is 5.91. The highest BCUT2D eigenvalue weighted by atomic mass is 35.5. The van der Waals surface area contributed by atoms with Crippen LogP contribution in [0.2, 0.25) is 0 Å². The zero-order chi connectivity index (χ0) is 12.8. The number of nitrogens with one attached hydrogen (secondary N) is 2. The number of aromatic nitrogens is 1. The fourth-order valence-electron chi connectivity index (χ4n) is 1.82. The number of halogens is 1. The van der Waals surface area contributed by atoms with E-state index in [4.69, 9.17) is 4.74 Å². The Morgan fingerprint density at radius 1 is 1.42 bits per heavy atom. The van der Waals surface area contributed by atoms with Crippen molar-refractivity contribution in [2.75, 3.05) is 50.1 Å². The number of carbonyl (C=O) groups excluding carboxylic acids is 1. The van der Waals surface area contributed by atoms with Crippen molar-refractivity contribution < 1.29 is 9.53 Å². The van der Waals surface area contributed by atoms with Crippen LogP contribution in [-0.4, -0.2) is 50.8 Å². The van der Waals surface area contributed by atoms with E-state index in [-0.39, 0.29) is 24.9 Å². The van der Waals surface area contributed by atoms with E-state index in [0.717, 1.165) is 32.0 Å². The molecule has 6 nitrogen and oxygen atoms in total. The second-order valence-corrected chi connectivity index (χ2v) is 4.08. The van der Waals surface area contributed by atoms with Gasteiger partial charge in [0.15, 0.2) is 0 Å². The van der Waals surface area contributed by atoms with Crippen LogP contribution in [-0.2, 0) is 9.53 Å². The summed E-state index contributed by atoms with van der Waals surface area (Å²) in [7, 11) is 1.73. The average molecular weight is 287 g/mol. The lowest BCUT2D eigenvalue weighted by Crippen LogP contribution is -2.36. The third-order valence-corrected chi connectivity index (χ3v) is 2.73. The number of amides is 1. The van der Waals surface area contributed by atoms with Crippen molar-refractivity contribution in [3.8, 4) is 0 Å². The minimum Gasteiger partial charge on any atom is -0.378 e. The van der Waals surface area contributed by atoms with Gasteiger partial charge < -0.3 is 20.3 Å². The number of rotatable bonds is 4. The van der Waals surface area contributed by atoms with Gasteiger partial charge >= 0.3 is 0 Å². The SMILES string of the molecule is CNCC(=O)Nc1ccc(N2CCOCC2)cn1.Cl. The fourth-order valence-corrected chi connectivity index (χ4v) is 1.82. The Labute approximate surface area is 118 Å². The van der Waals surface area contributed by atoms with Gasteiger partial charge in [-0.1, -0.05) is 0 Å². The average Bonchev–Trinajstić information content (AvgIpc) is 2.41. The molecule has 0 atom stereocenters. The van der Waals surface area contributed by atoms with Crippen LogP contribution in [0.4, 0.5) is 11.5 Å². The number of likely N-dealkylation sites (N-methyl/N-ethyl adjacent to an activating group) is 1. The molecule has 2 rings (SSSR count). The molecule has 106 valence electrons. The molecule has 1 aliphatic rings. The summed E-state index contributed by atoms with van der Waals surface area (Å²) in [6, 6.07) is 3.78. The minimum absolute atomic E-state index is 0. The van der Waals surface area contributed by atoms with Crippen molar-refractivity contribution >= 4 is 29.8 Å². The van der Waals surface area contributed by atoms with E-state index in [1.165, 1.54) is 0 Å². The lowest BCUT2D eigenvalue weighted by Gasteiger charge is -2.28. The van der Waals surface area contributed by atoms with Crippen LogP contribution in [0.5, 0.6) is 0 Å². The van der Waals surface area contributed by atoms with E-state index in [1.807, 2.05) is 12.1 Å². The second kappa shape index (κ2) is 7.93. The van der Waals surface area contributed by atoms with E-state index < -0.39 is 0 Å². The van der Waals surface area contributed by atoms with Crippen LogP contribution in [0, 0.1) is 0 Å². The first-order valence-corrected chi connectivity index (χ1v) is 6.03. The van der Waals surface area contributed by atoms with Crippen molar-refractivity contribution in [1.82, 2.24) is 10.3 Å². The van der Waals surface area contributed by atoms with Crippen LogP contribution < -0.4 is 15.5 Å². The largest absolute Gasteiger partial charge is 0.378 e. The normalized spacial score (nSPS) is 14.7. The molecule has 2 N–H and O–H groups in total. The molecule has 0 spiro atoms. The van der Waals surface area contributed by atoms with Crippen molar-refractivity contribution in [1.29, 1.82) is 0 Å². The third kappa shape index (κ3) is 4.66. The number of ether oxygens (including phenoxy) is 1. The Balaban J connectivity index is 0.00000180. The third-order valence-electron chi connectivity index (χ3n) is 2.73. The minimum atomic E-state index is -0.0934. The zero-order valence-electron chi connectivity index (χ0n) is 10.9. The molecule has 1 aromatic rings. The summed E-state index contributed by atoms with van der Waals surface area (Å²) in [5, 5.41) is 5.51. The monoisotopic (exact) mass is 286 g/mol. The van der Waals surface area contributed by atoms with Crippen LogP contribution in [0.25, 0.3) is 0 Å². The first-order valence-electron chi connectivity index (χ1n) is 6.03. The molecule has 0 saturated carbocycles. The van der Waals surface area contributed by atoms with Gasteiger partial charge in [0.2, 0.25) is 5.91 Å². The van der Waals surface area contributed by atoms with Gasteiger partial charge in [0.25, 0.3) is 0 Å². The van der Waals surface area contributed by atoms with Gasteiger partial charge in [0.1, 0.15) is 5.82 Å². The highest BCUT2D eigenvalue weighted by Crippen LogP contribution is 2.16. The molecule has 1 aromatic heterocycles. The van der Waals surface area contributed by atoms with Gasteiger partial charge in [0, 0.05) is 13.1 Å². The molecule has 19 heavy (non-hydrogen) atoms. The number of nitrogens with zero attached hydrogens (tertiary/aromatic N) is 2. The number of anilines is 2. The van der Waals surface area contributed by atoms with Gasteiger partial charge in [-0.05, 0) is 19.2 Å². The molecule has 0 aromatic carbocycles. The highest BCUT2D eigenvalue weighted by Gasteiger charge is 2.11. The molecular weight excluding hydrogens is 268 g/mol. The Hall–Kier alpha value is -1.37. The number of morpholine rings is 1. The molecule has 0 aliphatic carbocycles. The summed E-state index contributed by atoms with van der Waals surface area (Å²) in [6.07, 6.45) is 1.78. The van der Waals surface area contributed by atoms with Crippen molar-refractivity contribution in [2.24, 2.45) is 0 Å². The van der Waals surface area contributed by atoms with Gasteiger partial charge in [0.05, 0.1) is 31.6 Å².